The Morgan fingerprint density at radius 1 is 1.03 bits per heavy atom. The number of cyclic esters (lactones) is 1. The van der Waals surface area contributed by atoms with E-state index in [1.54, 1.807) is 11.0 Å². The van der Waals surface area contributed by atoms with Gasteiger partial charge in [0.25, 0.3) is 0 Å². The lowest BCUT2D eigenvalue weighted by Gasteiger charge is -2.36. The van der Waals surface area contributed by atoms with Crippen LogP contribution in [0.25, 0.3) is 0 Å². The van der Waals surface area contributed by atoms with Gasteiger partial charge in [0.2, 0.25) is 11.8 Å². The molecule has 5 rings (SSSR count). The summed E-state index contributed by atoms with van der Waals surface area (Å²) >= 11 is 0. The zero-order chi connectivity index (χ0) is 23.0. The minimum Gasteiger partial charge on any atom is -0.465 e. The van der Waals surface area contributed by atoms with Gasteiger partial charge < -0.3 is 29.1 Å². The maximum atomic E-state index is 13.8. The lowest BCUT2D eigenvalue weighted by molar-refractivity contribution is -0.155. The number of rotatable bonds is 5. The number of likely N-dealkylation sites (tertiary alicyclic amines) is 1. The largest absolute Gasteiger partial charge is 0.465 e. The van der Waals surface area contributed by atoms with Crippen molar-refractivity contribution >= 4 is 17.8 Å². The molecule has 5 aliphatic rings. The van der Waals surface area contributed by atoms with Crippen LogP contribution >= 0.6 is 0 Å². The third-order valence-corrected chi connectivity index (χ3v) is 7.33. The number of carbonyl (C=O) groups is 3. The Morgan fingerprint density at radius 2 is 1.85 bits per heavy atom. The van der Waals surface area contributed by atoms with E-state index < -0.39 is 35.6 Å². The van der Waals surface area contributed by atoms with E-state index in [0.717, 1.165) is 13.1 Å². The van der Waals surface area contributed by atoms with Gasteiger partial charge in [-0.2, -0.15) is 0 Å². The zero-order valence-corrected chi connectivity index (χ0v) is 18.6. The normalized spacial score (nSPS) is 36.7. The molecule has 10 nitrogen and oxygen atoms in total. The minimum absolute atomic E-state index is 0.00423. The van der Waals surface area contributed by atoms with Crippen LogP contribution in [0.1, 0.15) is 6.42 Å². The van der Waals surface area contributed by atoms with Crippen LogP contribution in [-0.2, 0) is 28.6 Å². The SMILES string of the molecule is O=C1OCCC=C[C@@H]2O[C@]34C=CCN(CCN5CCOCC5)C(=O)C3N(CCO)C(=O)[C@@H]4[C@H]12. The molecule has 0 aromatic heterocycles. The number of amides is 2. The fourth-order valence-corrected chi connectivity index (χ4v) is 5.79. The van der Waals surface area contributed by atoms with Crippen LogP contribution in [0.2, 0.25) is 0 Å². The topological polar surface area (TPSA) is 109 Å². The Hall–Kier alpha value is -2.27. The third kappa shape index (κ3) is 3.78. The van der Waals surface area contributed by atoms with E-state index in [0.29, 0.717) is 39.3 Å². The molecule has 33 heavy (non-hydrogen) atoms. The van der Waals surface area contributed by atoms with Crippen molar-refractivity contribution in [3.8, 4) is 0 Å². The van der Waals surface area contributed by atoms with Crippen molar-refractivity contribution in [2.45, 2.75) is 24.2 Å². The number of hydrogen-bond acceptors (Lipinski definition) is 8. The highest BCUT2D eigenvalue weighted by Crippen LogP contribution is 2.53. The van der Waals surface area contributed by atoms with E-state index in [1.165, 1.54) is 4.90 Å². The van der Waals surface area contributed by atoms with Crippen LogP contribution in [0.15, 0.2) is 24.3 Å². The summed E-state index contributed by atoms with van der Waals surface area (Å²) in [5.74, 6) is -2.73. The smallest absolute Gasteiger partial charge is 0.312 e. The monoisotopic (exact) mass is 461 g/mol. The molecule has 0 aromatic rings. The number of hydrogen-bond donors (Lipinski definition) is 1. The average molecular weight is 462 g/mol. The van der Waals surface area contributed by atoms with Gasteiger partial charge in [-0.15, -0.1) is 0 Å². The molecule has 1 spiro atoms. The highest BCUT2D eigenvalue weighted by atomic mass is 16.6. The van der Waals surface area contributed by atoms with E-state index in [2.05, 4.69) is 4.90 Å². The van der Waals surface area contributed by atoms with Crippen molar-refractivity contribution < 1.29 is 33.7 Å². The maximum absolute atomic E-state index is 13.8. The number of morpholine rings is 1. The summed E-state index contributed by atoms with van der Waals surface area (Å²) in [5.41, 5.74) is -1.26. The van der Waals surface area contributed by atoms with E-state index >= 15 is 0 Å². The van der Waals surface area contributed by atoms with Gasteiger partial charge in [0.1, 0.15) is 17.6 Å². The number of carbonyl (C=O) groups excluding carboxylic acids is 3. The van der Waals surface area contributed by atoms with Crippen molar-refractivity contribution in [2.75, 3.05) is 65.7 Å². The van der Waals surface area contributed by atoms with Crippen LogP contribution in [0, 0.1) is 11.8 Å². The van der Waals surface area contributed by atoms with Crippen molar-refractivity contribution in [2.24, 2.45) is 11.8 Å². The molecular weight excluding hydrogens is 430 g/mol. The molecular formula is C23H31N3O7. The van der Waals surface area contributed by atoms with Gasteiger partial charge >= 0.3 is 5.97 Å². The molecule has 10 heteroatoms. The molecule has 180 valence electrons. The molecule has 5 heterocycles. The molecule has 0 aromatic carbocycles. The zero-order valence-electron chi connectivity index (χ0n) is 18.6. The standard InChI is InChI=1S/C23H31N3O7/c27-12-9-26-19-21(29)25(8-7-24-10-14-31-15-11-24)6-3-5-23(19)18(20(26)28)17-16(33-23)4-1-2-13-32-22(17)30/h1,3-5,16-19,27H,2,6-15H2/t16-,17+,18-,19?,23-/m0/s1. The number of esters is 1. The molecule has 1 unspecified atom stereocenters. The fourth-order valence-electron chi connectivity index (χ4n) is 5.79. The first-order chi connectivity index (χ1) is 16.1. The summed E-state index contributed by atoms with van der Waals surface area (Å²) in [5, 5.41) is 9.66. The van der Waals surface area contributed by atoms with Crippen LogP contribution in [0.4, 0.5) is 0 Å². The number of fused-ring (bicyclic) bond motifs is 2. The van der Waals surface area contributed by atoms with Gasteiger partial charge in [-0.1, -0.05) is 24.3 Å². The van der Waals surface area contributed by atoms with E-state index in [-0.39, 0.29) is 31.6 Å². The molecule has 5 aliphatic heterocycles. The van der Waals surface area contributed by atoms with Gasteiger partial charge in [0.15, 0.2) is 0 Å². The Kier molecular flexibility index (Phi) is 6.26. The van der Waals surface area contributed by atoms with Gasteiger partial charge in [-0.05, 0) is 6.42 Å². The summed E-state index contributed by atoms with van der Waals surface area (Å²) in [4.78, 5) is 45.7. The second kappa shape index (κ2) is 9.17. The fraction of sp³-hybridized carbons (Fsp3) is 0.696. The third-order valence-electron chi connectivity index (χ3n) is 7.33. The number of aliphatic hydroxyl groups is 1. The second-order valence-corrected chi connectivity index (χ2v) is 9.12. The van der Waals surface area contributed by atoms with Gasteiger partial charge in [0.05, 0.1) is 38.4 Å². The Labute approximate surface area is 192 Å². The number of ether oxygens (including phenoxy) is 3. The lowest BCUT2D eigenvalue weighted by atomic mass is 9.77. The summed E-state index contributed by atoms with van der Waals surface area (Å²) in [6.45, 7) is 4.60. The maximum Gasteiger partial charge on any atom is 0.312 e. The number of nitrogens with zero attached hydrogens (tertiary/aromatic N) is 3. The van der Waals surface area contributed by atoms with Crippen LogP contribution in [0.3, 0.4) is 0 Å². The first-order valence-corrected chi connectivity index (χ1v) is 11.8. The van der Waals surface area contributed by atoms with Crippen molar-refractivity contribution in [1.82, 2.24) is 14.7 Å². The first-order valence-electron chi connectivity index (χ1n) is 11.8. The summed E-state index contributed by atoms with van der Waals surface area (Å²) < 4.78 is 17.2. The summed E-state index contributed by atoms with van der Waals surface area (Å²) in [7, 11) is 0. The molecule has 5 atom stereocenters. The van der Waals surface area contributed by atoms with E-state index in [1.807, 2.05) is 18.2 Å². The highest BCUT2D eigenvalue weighted by Gasteiger charge is 2.71. The first kappa shape index (κ1) is 22.5. The van der Waals surface area contributed by atoms with Crippen molar-refractivity contribution in [3.63, 3.8) is 0 Å². The number of aliphatic hydroxyl groups excluding tert-OH is 1. The molecule has 2 amide bonds. The van der Waals surface area contributed by atoms with Crippen molar-refractivity contribution in [3.05, 3.63) is 24.3 Å². The van der Waals surface area contributed by atoms with Gasteiger partial charge in [-0.25, -0.2) is 0 Å². The molecule has 0 radical (unpaired) electrons. The lowest BCUT2D eigenvalue weighted by Crippen LogP contribution is -2.56. The summed E-state index contributed by atoms with van der Waals surface area (Å²) in [6, 6.07) is -0.931. The van der Waals surface area contributed by atoms with Crippen LogP contribution in [-0.4, -0.2) is 121 Å². The van der Waals surface area contributed by atoms with Gasteiger partial charge in [0, 0.05) is 39.3 Å². The Bertz CT molecular complexity index is 855. The van der Waals surface area contributed by atoms with E-state index in [9.17, 15) is 19.5 Å². The predicted octanol–water partition coefficient (Wildman–Crippen LogP) is -1.21. The Balaban J connectivity index is 1.46. The molecule has 3 fully saturated rings. The average Bonchev–Trinajstić information content (AvgIpc) is 3.18. The van der Waals surface area contributed by atoms with Crippen LogP contribution < -0.4 is 0 Å². The van der Waals surface area contributed by atoms with Crippen LogP contribution in [0.5, 0.6) is 0 Å². The molecule has 3 saturated heterocycles. The predicted molar refractivity (Wildman–Crippen MR) is 115 cm³/mol. The van der Waals surface area contributed by atoms with Crippen molar-refractivity contribution in [1.29, 1.82) is 0 Å². The second-order valence-electron chi connectivity index (χ2n) is 9.12. The molecule has 1 N–H and O–H groups in total. The molecule has 0 bridgehead atoms. The molecule has 0 saturated carbocycles. The van der Waals surface area contributed by atoms with Gasteiger partial charge in [-0.3, -0.25) is 19.3 Å². The molecule has 0 aliphatic carbocycles. The number of β-amino-alcohol motifs (C(OH)–C–C–N with tert-alkyl or cyclic N) is 1. The highest BCUT2D eigenvalue weighted by molar-refractivity contribution is 5.99. The minimum atomic E-state index is -1.26. The Morgan fingerprint density at radius 3 is 2.64 bits per heavy atom. The quantitative estimate of drug-likeness (QED) is 0.402. The van der Waals surface area contributed by atoms with E-state index in [4.69, 9.17) is 14.2 Å². The summed E-state index contributed by atoms with van der Waals surface area (Å²) in [6.07, 6.45) is 7.32.